The molecule has 0 aliphatic heterocycles. The molecule has 0 aromatic rings. The Labute approximate surface area is 443 Å². The van der Waals surface area contributed by atoms with E-state index in [9.17, 15) is 14.4 Å². The molecule has 0 bridgehead atoms. The van der Waals surface area contributed by atoms with Crippen molar-refractivity contribution in [3.05, 3.63) is 122 Å². The number of esters is 3. The van der Waals surface area contributed by atoms with Crippen LogP contribution < -0.4 is 0 Å². The summed E-state index contributed by atoms with van der Waals surface area (Å²) in [6, 6.07) is 0. The smallest absolute Gasteiger partial charge is 0.306 e. The Hall–Kier alpha value is -4.19. The van der Waals surface area contributed by atoms with Crippen molar-refractivity contribution in [2.24, 2.45) is 0 Å². The van der Waals surface area contributed by atoms with Gasteiger partial charge in [-0.15, -0.1) is 0 Å². The minimum absolute atomic E-state index is 0.0904. The van der Waals surface area contributed by atoms with Gasteiger partial charge in [0.05, 0.1) is 0 Å². The van der Waals surface area contributed by atoms with Crippen LogP contribution >= 0.6 is 0 Å². The van der Waals surface area contributed by atoms with Gasteiger partial charge in [0.25, 0.3) is 0 Å². The molecule has 72 heavy (non-hydrogen) atoms. The quantitative estimate of drug-likeness (QED) is 0.0261. The number of rotatable bonds is 52. The van der Waals surface area contributed by atoms with E-state index in [0.29, 0.717) is 19.3 Å². The summed E-state index contributed by atoms with van der Waals surface area (Å²) in [4.78, 5) is 37.9. The van der Waals surface area contributed by atoms with E-state index in [0.717, 1.165) is 122 Å². The fraction of sp³-hybridized carbons (Fsp3) is 0.652. The minimum atomic E-state index is -0.793. The van der Waals surface area contributed by atoms with E-state index in [4.69, 9.17) is 14.2 Å². The molecule has 0 heterocycles. The molecule has 0 N–H and O–H groups in total. The molecule has 0 amide bonds. The van der Waals surface area contributed by atoms with Crippen molar-refractivity contribution in [1.29, 1.82) is 0 Å². The summed E-state index contributed by atoms with van der Waals surface area (Å²) in [5.41, 5.74) is 0. The Balaban J connectivity index is 4.26. The van der Waals surface area contributed by atoms with Gasteiger partial charge in [0, 0.05) is 19.3 Å². The highest BCUT2D eigenvalue weighted by Crippen LogP contribution is 2.15. The lowest BCUT2D eigenvalue weighted by molar-refractivity contribution is -0.167. The van der Waals surface area contributed by atoms with E-state index < -0.39 is 6.10 Å². The van der Waals surface area contributed by atoms with Gasteiger partial charge in [-0.3, -0.25) is 14.4 Å². The fourth-order valence-electron chi connectivity index (χ4n) is 7.82. The molecule has 1 atom stereocenters. The molecule has 0 aromatic carbocycles. The molecule has 0 saturated carbocycles. The van der Waals surface area contributed by atoms with E-state index in [2.05, 4.69) is 142 Å². The summed E-state index contributed by atoms with van der Waals surface area (Å²) in [6.45, 7) is 6.46. The molecule has 0 aliphatic carbocycles. The zero-order valence-electron chi connectivity index (χ0n) is 46.7. The number of hydrogen-bond donors (Lipinski definition) is 0. The molecule has 0 saturated heterocycles. The van der Waals surface area contributed by atoms with Crippen molar-refractivity contribution in [3.8, 4) is 0 Å². The number of carbonyl (C=O) groups is 3. The Morgan fingerprint density at radius 2 is 0.542 bits per heavy atom. The van der Waals surface area contributed by atoms with Gasteiger partial charge in [0.2, 0.25) is 0 Å². The Morgan fingerprint density at radius 1 is 0.292 bits per heavy atom. The molecule has 1 unspecified atom stereocenters. The molecular formula is C66H108O6. The fourth-order valence-corrected chi connectivity index (χ4v) is 7.82. The topological polar surface area (TPSA) is 78.9 Å². The SMILES string of the molecule is CC/C=C\C/C=C\C/C=C\C/C=C\C/C=C\C/C=C\C/C=C\C/C=C\C/C=C\C/C=C\CCCCC(=O)OCC(COC(=O)CCCCCCCCCCC)OC(=O)CCCCCCCCCCCCCC. The number of carbonyl (C=O) groups excluding carboxylic acids is 3. The molecule has 0 aliphatic rings. The zero-order chi connectivity index (χ0) is 52.2. The predicted molar refractivity (Wildman–Crippen MR) is 311 cm³/mol. The molecule has 0 rings (SSSR count). The van der Waals surface area contributed by atoms with E-state index in [1.54, 1.807) is 0 Å². The summed E-state index contributed by atoms with van der Waals surface area (Å²) in [5, 5.41) is 0. The normalized spacial score (nSPS) is 13.0. The highest BCUT2D eigenvalue weighted by Gasteiger charge is 2.19. The van der Waals surface area contributed by atoms with Crippen LogP contribution in [0.4, 0.5) is 0 Å². The summed E-state index contributed by atoms with van der Waals surface area (Å²) in [6.07, 6.45) is 82.1. The van der Waals surface area contributed by atoms with Crippen LogP contribution in [-0.2, 0) is 28.6 Å². The van der Waals surface area contributed by atoms with Crippen molar-refractivity contribution in [2.45, 2.75) is 264 Å². The summed E-state index contributed by atoms with van der Waals surface area (Å²) >= 11 is 0. The minimum Gasteiger partial charge on any atom is -0.462 e. The lowest BCUT2D eigenvalue weighted by Crippen LogP contribution is -2.30. The molecular weight excluding hydrogens is 889 g/mol. The average molecular weight is 998 g/mol. The van der Waals surface area contributed by atoms with Gasteiger partial charge in [-0.25, -0.2) is 0 Å². The summed E-state index contributed by atoms with van der Waals surface area (Å²) in [5.74, 6) is -0.940. The van der Waals surface area contributed by atoms with Gasteiger partial charge in [-0.2, -0.15) is 0 Å². The largest absolute Gasteiger partial charge is 0.462 e. The first-order chi connectivity index (χ1) is 35.5. The molecule has 408 valence electrons. The van der Waals surface area contributed by atoms with Crippen LogP contribution in [-0.4, -0.2) is 37.2 Å². The van der Waals surface area contributed by atoms with Crippen molar-refractivity contribution in [2.75, 3.05) is 13.2 Å². The van der Waals surface area contributed by atoms with Crippen molar-refractivity contribution < 1.29 is 28.6 Å². The third kappa shape index (κ3) is 56.7. The highest BCUT2D eigenvalue weighted by atomic mass is 16.6. The monoisotopic (exact) mass is 997 g/mol. The zero-order valence-corrected chi connectivity index (χ0v) is 46.7. The average Bonchev–Trinajstić information content (AvgIpc) is 3.38. The third-order valence-electron chi connectivity index (χ3n) is 12.2. The second kappa shape index (κ2) is 59.4. The molecule has 0 aromatic heterocycles. The third-order valence-corrected chi connectivity index (χ3v) is 12.2. The standard InChI is InChI=1S/C66H108O6/c1-4-7-10-13-16-19-21-23-24-25-26-27-28-29-30-31-32-33-34-35-36-37-38-39-40-41-42-43-45-47-50-53-56-59-65(68)71-62-63(61-70-64(67)58-55-52-49-46-18-15-12-9-6-3)72-66(69)60-57-54-51-48-44-22-20-17-14-11-8-5-2/h7,10,16,19,23-24,26-27,29-30,32-33,35-36,38-39,41-42,45,47,63H,4-6,8-9,11-15,17-18,20-22,25,28,31,34,37,40,43-44,46,48-62H2,1-3H3/b10-7-,19-16-,24-23-,27-26-,30-29-,33-32-,36-35-,39-38-,42-41-,47-45-. The van der Waals surface area contributed by atoms with E-state index in [1.165, 1.54) is 96.3 Å². The van der Waals surface area contributed by atoms with Crippen LogP contribution in [0.25, 0.3) is 0 Å². The van der Waals surface area contributed by atoms with Gasteiger partial charge in [0.15, 0.2) is 6.10 Å². The van der Waals surface area contributed by atoms with Crippen LogP contribution in [0.3, 0.4) is 0 Å². The maximum Gasteiger partial charge on any atom is 0.306 e. The first kappa shape index (κ1) is 67.8. The summed E-state index contributed by atoms with van der Waals surface area (Å²) < 4.78 is 16.8. The van der Waals surface area contributed by atoms with Gasteiger partial charge in [-0.1, -0.05) is 264 Å². The maximum absolute atomic E-state index is 12.8. The first-order valence-electron chi connectivity index (χ1n) is 29.5. The van der Waals surface area contributed by atoms with Crippen molar-refractivity contribution in [1.82, 2.24) is 0 Å². The maximum atomic E-state index is 12.8. The lowest BCUT2D eigenvalue weighted by atomic mass is 10.0. The Kier molecular flexibility index (Phi) is 55.9. The van der Waals surface area contributed by atoms with E-state index in [1.807, 2.05) is 0 Å². The molecule has 0 spiro atoms. The number of allylic oxidation sites excluding steroid dienone is 20. The van der Waals surface area contributed by atoms with Gasteiger partial charge in [-0.05, 0) is 96.3 Å². The predicted octanol–water partition coefficient (Wildman–Crippen LogP) is 20.0. The Morgan fingerprint density at radius 3 is 0.847 bits per heavy atom. The van der Waals surface area contributed by atoms with E-state index in [-0.39, 0.29) is 31.1 Å². The van der Waals surface area contributed by atoms with Crippen LogP contribution in [0.5, 0.6) is 0 Å². The van der Waals surface area contributed by atoms with Crippen molar-refractivity contribution >= 4 is 17.9 Å². The first-order valence-corrected chi connectivity index (χ1v) is 29.5. The molecule has 6 nitrogen and oxygen atoms in total. The number of ether oxygens (including phenoxy) is 3. The molecule has 0 radical (unpaired) electrons. The number of hydrogen-bond acceptors (Lipinski definition) is 6. The van der Waals surface area contributed by atoms with Gasteiger partial charge < -0.3 is 14.2 Å². The van der Waals surface area contributed by atoms with Crippen LogP contribution in [0.2, 0.25) is 0 Å². The Bertz CT molecular complexity index is 1520. The van der Waals surface area contributed by atoms with Crippen LogP contribution in [0, 0.1) is 0 Å². The van der Waals surface area contributed by atoms with Crippen LogP contribution in [0.15, 0.2) is 122 Å². The lowest BCUT2D eigenvalue weighted by Gasteiger charge is -2.18. The van der Waals surface area contributed by atoms with Gasteiger partial charge in [0.1, 0.15) is 13.2 Å². The number of unbranched alkanes of at least 4 members (excludes halogenated alkanes) is 21. The molecule has 0 fully saturated rings. The van der Waals surface area contributed by atoms with E-state index >= 15 is 0 Å². The summed E-state index contributed by atoms with van der Waals surface area (Å²) in [7, 11) is 0. The highest BCUT2D eigenvalue weighted by molar-refractivity contribution is 5.71. The van der Waals surface area contributed by atoms with Gasteiger partial charge >= 0.3 is 17.9 Å². The second-order valence-corrected chi connectivity index (χ2v) is 19.2. The van der Waals surface area contributed by atoms with Crippen LogP contribution in [0.1, 0.15) is 258 Å². The van der Waals surface area contributed by atoms with Crippen molar-refractivity contribution in [3.63, 3.8) is 0 Å². The second-order valence-electron chi connectivity index (χ2n) is 19.2. The molecule has 6 heteroatoms.